The highest BCUT2D eigenvalue weighted by Crippen LogP contribution is 2.50. The van der Waals surface area contributed by atoms with Gasteiger partial charge in [0, 0.05) is 41.9 Å². The van der Waals surface area contributed by atoms with Crippen LogP contribution in [0.15, 0.2) is 168 Å². The van der Waals surface area contributed by atoms with E-state index >= 15 is 0 Å². The van der Waals surface area contributed by atoms with E-state index in [2.05, 4.69) is 163 Å². The molecular formula is C44H27NOS. The number of hydrogen-bond donors (Lipinski definition) is 0. The molecule has 2 nitrogen and oxygen atoms in total. The average molecular weight is 618 g/mol. The Morgan fingerprint density at radius 2 is 1.09 bits per heavy atom. The van der Waals surface area contributed by atoms with E-state index in [0.29, 0.717) is 0 Å². The van der Waals surface area contributed by atoms with Crippen molar-refractivity contribution in [1.29, 1.82) is 0 Å². The Morgan fingerprint density at radius 1 is 0.426 bits per heavy atom. The van der Waals surface area contributed by atoms with Crippen molar-refractivity contribution in [2.24, 2.45) is 0 Å². The van der Waals surface area contributed by atoms with Gasteiger partial charge in [-0.15, -0.1) is 11.3 Å². The first-order valence-electron chi connectivity index (χ1n) is 15.9. The van der Waals surface area contributed by atoms with Crippen molar-refractivity contribution in [2.75, 3.05) is 4.90 Å². The van der Waals surface area contributed by atoms with Gasteiger partial charge in [0.1, 0.15) is 5.58 Å². The third-order valence-electron chi connectivity index (χ3n) is 9.42. The van der Waals surface area contributed by atoms with Gasteiger partial charge in [0.15, 0.2) is 5.58 Å². The Balaban J connectivity index is 1.34. The number of anilines is 3. The van der Waals surface area contributed by atoms with Gasteiger partial charge in [0.25, 0.3) is 0 Å². The molecule has 10 rings (SSSR count). The van der Waals surface area contributed by atoms with Gasteiger partial charge < -0.3 is 9.32 Å². The molecule has 0 fully saturated rings. The van der Waals surface area contributed by atoms with Crippen LogP contribution in [0.2, 0.25) is 0 Å². The summed E-state index contributed by atoms with van der Waals surface area (Å²) >= 11 is 1.87. The standard InChI is InChI=1S/C44H27NOS/c1-2-13-28(14-3-1)31-17-8-10-22-37(31)45(38-23-12-21-35-33-19-9-11-24-40(33)46-44(35)38)39-27-42-43(34-20-7-6-18-32(34)39)36-25-29-15-4-5-16-30(29)26-41(36)47-42/h1-27H. The van der Waals surface area contributed by atoms with E-state index in [-0.39, 0.29) is 0 Å². The fourth-order valence-corrected chi connectivity index (χ4v) is 8.51. The Bertz CT molecular complexity index is 2810. The molecule has 0 bridgehead atoms. The smallest absolute Gasteiger partial charge is 0.159 e. The van der Waals surface area contributed by atoms with Crippen molar-refractivity contribution in [3.63, 3.8) is 0 Å². The third-order valence-corrected chi connectivity index (χ3v) is 10.5. The Kier molecular flexibility index (Phi) is 5.78. The maximum atomic E-state index is 6.71. The summed E-state index contributed by atoms with van der Waals surface area (Å²) in [7, 11) is 0. The fourth-order valence-electron chi connectivity index (χ4n) is 7.32. The van der Waals surface area contributed by atoms with Crippen LogP contribution in [0.1, 0.15) is 0 Å². The number of para-hydroxylation sites is 3. The molecule has 0 aliphatic heterocycles. The number of rotatable bonds is 4. The summed E-state index contributed by atoms with van der Waals surface area (Å²) in [4.78, 5) is 2.43. The van der Waals surface area contributed by atoms with Crippen LogP contribution in [0.5, 0.6) is 0 Å². The predicted molar refractivity (Wildman–Crippen MR) is 202 cm³/mol. The molecule has 0 atom stereocenters. The van der Waals surface area contributed by atoms with Gasteiger partial charge in [-0.2, -0.15) is 0 Å². The SMILES string of the molecule is c1ccc(-c2ccccc2N(c2cc3sc4cc5ccccc5cc4c3c3ccccc23)c2cccc3c2oc2ccccc23)cc1. The summed E-state index contributed by atoms with van der Waals surface area (Å²) in [6.07, 6.45) is 0. The summed E-state index contributed by atoms with van der Waals surface area (Å²) in [6, 6.07) is 58.9. The van der Waals surface area contributed by atoms with E-state index in [9.17, 15) is 0 Å². The van der Waals surface area contributed by atoms with Crippen molar-refractivity contribution in [3.05, 3.63) is 164 Å². The first-order valence-corrected chi connectivity index (χ1v) is 16.7. The summed E-state index contributed by atoms with van der Waals surface area (Å²) < 4.78 is 9.27. The van der Waals surface area contributed by atoms with Gasteiger partial charge >= 0.3 is 0 Å². The van der Waals surface area contributed by atoms with Gasteiger partial charge in [-0.25, -0.2) is 0 Å². The normalized spacial score (nSPS) is 11.8. The van der Waals surface area contributed by atoms with Gasteiger partial charge in [-0.05, 0) is 58.1 Å². The summed E-state index contributed by atoms with van der Waals surface area (Å²) in [5.74, 6) is 0. The zero-order valence-electron chi connectivity index (χ0n) is 25.4. The molecule has 220 valence electrons. The molecule has 3 heteroatoms. The molecule has 0 unspecified atom stereocenters. The van der Waals surface area contributed by atoms with E-state index < -0.39 is 0 Å². The summed E-state index contributed by atoms with van der Waals surface area (Å²) in [6.45, 7) is 0. The van der Waals surface area contributed by atoms with Crippen molar-refractivity contribution < 1.29 is 4.42 Å². The molecule has 0 aliphatic rings. The molecule has 0 radical (unpaired) electrons. The number of nitrogens with zero attached hydrogens (tertiary/aromatic N) is 1. The number of furan rings is 1. The predicted octanol–water partition coefficient (Wildman–Crippen LogP) is 13.4. The Morgan fingerprint density at radius 3 is 1.96 bits per heavy atom. The van der Waals surface area contributed by atoms with Gasteiger partial charge in [-0.1, -0.05) is 127 Å². The van der Waals surface area contributed by atoms with E-state index in [1.807, 2.05) is 17.4 Å². The number of fused-ring (bicyclic) bond motifs is 9. The van der Waals surface area contributed by atoms with E-state index in [0.717, 1.165) is 44.6 Å². The van der Waals surface area contributed by atoms with Crippen LogP contribution >= 0.6 is 11.3 Å². The van der Waals surface area contributed by atoms with Crippen molar-refractivity contribution in [2.45, 2.75) is 0 Å². The zero-order chi connectivity index (χ0) is 30.9. The Hall–Kier alpha value is -5.90. The van der Waals surface area contributed by atoms with Gasteiger partial charge in [-0.3, -0.25) is 0 Å². The molecule has 0 amide bonds. The minimum atomic E-state index is 0.878. The molecule has 0 spiro atoms. The van der Waals surface area contributed by atoms with Crippen LogP contribution in [-0.2, 0) is 0 Å². The van der Waals surface area contributed by atoms with Gasteiger partial charge in [0.05, 0.1) is 17.1 Å². The Labute approximate surface area is 275 Å². The molecule has 0 aliphatic carbocycles. The second kappa shape index (κ2) is 10.3. The van der Waals surface area contributed by atoms with Crippen molar-refractivity contribution >= 4 is 92.1 Å². The lowest BCUT2D eigenvalue weighted by Gasteiger charge is -2.29. The summed E-state index contributed by atoms with van der Waals surface area (Å²) in [5, 5.41) is 9.84. The van der Waals surface area contributed by atoms with Crippen LogP contribution in [0, 0.1) is 0 Å². The van der Waals surface area contributed by atoms with E-state index in [4.69, 9.17) is 4.42 Å². The maximum absolute atomic E-state index is 6.71. The van der Waals surface area contributed by atoms with Crippen LogP contribution in [-0.4, -0.2) is 0 Å². The van der Waals surface area contributed by atoms with Crippen LogP contribution < -0.4 is 4.90 Å². The van der Waals surface area contributed by atoms with Crippen molar-refractivity contribution in [3.8, 4) is 11.1 Å². The number of hydrogen-bond acceptors (Lipinski definition) is 3. The second-order valence-electron chi connectivity index (χ2n) is 12.1. The minimum absolute atomic E-state index is 0.878. The fraction of sp³-hybridized carbons (Fsp3) is 0. The van der Waals surface area contributed by atoms with Crippen LogP contribution in [0.25, 0.3) is 74.8 Å². The molecule has 2 heterocycles. The molecule has 47 heavy (non-hydrogen) atoms. The minimum Gasteiger partial charge on any atom is -0.454 e. The highest BCUT2D eigenvalue weighted by molar-refractivity contribution is 7.26. The highest BCUT2D eigenvalue weighted by atomic mass is 32.1. The third kappa shape index (κ3) is 4.04. The first kappa shape index (κ1) is 26.3. The largest absolute Gasteiger partial charge is 0.454 e. The monoisotopic (exact) mass is 617 g/mol. The lowest BCUT2D eigenvalue weighted by molar-refractivity contribution is 0.669. The molecule has 0 N–H and O–H groups in total. The second-order valence-corrected chi connectivity index (χ2v) is 13.2. The highest BCUT2D eigenvalue weighted by Gasteiger charge is 2.25. The quantitative estimate of drug-likeness (QED) is 0.195. The maximum Gasteiger partial charge on any atom is 0.159 e. The number of thiophene rings is 1. The molecule has 2 aromatic heterocycles. The zero-order valence-corrected chi connectivity index (χ0v) is 26.2. The lowest BCUT2D eigenvalue weighted by atomic mass is 9.98. The average Bonchev–Trinajstić information content (AvgIpc) is 3.70. The van der Waals surface area contributed by atoms with E-state index in [1.165, 1.54) is 47.3 Å². The molecule has 0 saturated heterocycles. The van der Waals surface area contributed by atoms with Crippen molar-refractivity contribution in [1.82, 2.24) is 0 Å². The molecular weight excluding hydrogens is 591 g/mol. The number of benzene rings is 8. The van der Waals surface area contributed by atoms with E-state index in [1.54, 1.807) is 0 Å². The van der Waals surface area contributed by atoms with Crippen LogP contribution in [0.4, 0.5) is 17.1 Å². The summed E-state index contributed by atoms with van der Waals surface area (Å²) in [5.41, 5.74) is 7.34. The van der Waals surface area contributed by atoms with Gasteiger partial charge in [0.2, 0.25) is 0 Å². The molecule has 8 aromatic carbocycles. The first-order chi connectivity index (χ1) is 23.3. The molecule has 10 aromatic rings. The molecule has 0 saturated carbocycles. The lowest BCUT2D eigenvalue weighted by Crippen LogP contribution is -2.12. The van der Waals surface area contributed by atoms with Crippen LogP contribution in [0.3, 0.4) is 0 Å². The topological polar surface area (TPSA) is 16.4 Å².